The molecule has 1 aromatic carbocycles. The Labute approximate surface area is 120 Å². The summed E-state index contributed by atoms with van der Waals surface area (Å²) >= 11 is 5.71. The number of rotatable bonds is 4. The maximum atomic E-state index is 12.1. The molecule has 2 rings (SSSR count). The van der Waals surface area contributed by atoms with Gasteiger partial charge in [0, 0.05) is 24.0 Å². The Morgan fingerprint density at radius 1 is 1.30 bits per heavy atom. The third-order valence-corrected chi connectivity index (χ3v) is 4.21. The van der Waals surface area contributed by atoms with Crippen molar-refractivity contribution in [3.05, 3.63) is 47.2 Å². The number of aromatic carboxylic acids is 1. The first-order chi connectivity index (χ1) is 9.29. The molecule has 0 aliphatic heterocycles. The van der Waals surface area contributed by atoms with E-state index < -0.39 is 16.0 Å². The number of hydrogen-bond donors (Lipinski definition) is 2. The van der Waals surface area contributed by atoms with Crippen LogP contribution in [0, 0.1) is 0 Å². The summed E-state index contributed by atoms with van der Waals surface area (Å²) < 4.78 is 27.8. The fourth-order valence-corrected chi connectivity index (χ4v) is 2.88. The largest absolute Gasteiger partial charge is 0.477 e. The van der Waals surface area contributed by atoms with Crippen molar-refractivity contribution in [1.82, 2.24) is 4.57 Å². The van der Waals surface area contributed by atoms with E-state index in [-0.39, 0.29) is 10.6 Å². The Morgan fingerprint density at radius 3 is 2.40 bits per heavy atom. The second-order valence-electron chi connectivity index (χ2n) is 4.09. The normalized spacial score (nSPS) is 11.3. The molecular weight excluding hydrogens is 304 g/mol. The second kappa shape index (κ2) is 5.18. The molecule has 20 heavy (non-hydrogen) atoms. The van der Waals surface area contributed by atoms with Gasteiger partial charge in [0.15, 0.2) is 0 Å². The molecule has 2 aromatic rings. The molecule has 0 saturated carbocycles. The van der Waals surface area contributed by atoms with E-state index in [1.807, 2.05) is 0 Å². The molecule has 0 unspecified atom stereocenters. The van der Waals surface area contributed by atoms with E-state index in [0.717, 1.165) is 6.07 Å². The lowest BCUT2D eigenvalue weighted by Crippen LogP contribution is -2.12. The van der Waals surface area contributed by atoms with E-state index in [2.05, 4.69) is 4.72 Å². The summed E-state index contributed by atoms with van der Waals surface area (Å²) in [5.41, 5.74) is 0.233. The van der Waals surface area contributed by atoms with Crippen LogP contribution in [0.3, 0.4) is 0 Å². The van der Waals surface area contributed by atoms with Crippen molar-refractivity contribution in [2.75, 3.05) is 4.72 Å². The van der Waals surface area contributed by atoms with Gasteiger partial charge in [0.05, 0.1) is 0 Å². The molecular formula is C12H11ClN2O4S. The Balaban J connectivity index is 2.33. The van der Waals surface area contributed by atoms with Gasteiger partial charge in [-0.15, -0.1) is 0 Å². The Hall–Kier alpha value is -1.99. The minimum absolute atomic E-state index is 0.110. The highest BCUT2D eigenvalue weighted by molar-refractivity contribution is 7.92. The number of nitrogens with zero attached hydrogens (tertiary/aromatic N) is 1. The molecule has 106 valence electrons. The Bertz CT molecular complexity index is 750. The zero-order valence-corrected chi connectivity index (χ0v) is 11.9. The van der Waals surface area contributed by atoms with Gasteiger partial charge in [-0.25, -0.2) is 13.2 Å². The van der Waals surface area contributed by atoms with Gasteiger partial charge in [-0.1, -0.05) is 11.6 Å². The molecule has 2 N–H and O–H groups in total. The van der Waals surface area contributed by atoms with Crippen molar-refractivity contribution in [2.24, 2.45) is 7.05 Å². The number of carboxylic acids is 1. The molecule has 0 bridgehead atoms. The molecule has 1 aromatic heterocycles. The van der Waals surface area contributed by atoms with Crippen LogP contribution >= 0.6 is 11.6 Å². The van der Waals surface area contributed by atoms with Crippen molar-refractivity contribution in [3.8, 4) is 0 Å². The number of nitrogens with one attached hydrogen (secondary N) is 1. The van der Waals surface area contributed by atoms with E-state index in [4.69, 9.17) is 16.7 Å². The van der Waals surface area contributed by atoms with Crippen LogP contribution in [0.1, 0.15) is 10.5 Å². The second-order valence-corrected chi connectivity index (χ2v) is 6.21. The van der Waals surface area contributed by atoms with Crippen LogP contribution in [0.2, 0.25) is 5.02 Å². The quantitative estimate of drug-likeness (QED) is 0.905. The van der Waals surface area contributed by atoms with Gasteiger partial charge in [-0.05, 0) is 30.3 Å². The van der Waals surface area contributed by atoms with Crippen LogP contribution in [-0.2, 0) is 17.1 Å². The maximum Gasteiger partial charge on any atom is 0.352 e. The average molecular weight is 315 g/mol. The third-order valence-electron chi connectivity index (χ3n) is 2.61. The predicted molar refractivity (Wildman–Crippen MR) is 74.6 cm³/mol. The molecule has 0 aliphatic rings. The number of halogens is 1. The summed E-state index contributed by atoms with van der Waals surface area (Å²) in [4.78, 5) is 10.8. The SMILES string of the molecule is Cn1cc(S(=O)(=O)Nc2ccc(Cl)cc2)cc1C(=O)O. The number of aryl methyl sites for hydroxylation is 1. The standard InChI is InChI=1S/C12H11ClN2O4S/c1-15-7-10(6-11(15)12(16)17)20(18,19)14-9-4-2-8(13)3-5-9/h2-7,14H,1H3,(H,16,17). The lowest BCUT2D eigenvalue weighted by atomic mass is 10.3. The van der Waals surface area contributed by atoms with Gasteiger partial charge in [-0.2, -0.15) is 0 Å². The number of sulfonamides is 1. The molecule has 0 amide bonds. The zero-order chi connectivity index (χ0) is 14.9. The first kappa shape index (κ1) is 14.4. The fourth-order valence-electron chi connectivity index (χ4n) is 1.63. The molecule has 0 saturated heterocycles. The zero-order valence-electron chi connectivity index (χ0n) is 10.4. The summed E-state index contributed by atoms with van der Waals surface area (Å²) in [5, 5.41) is 9.40. The number of anilines is 1. The number of aromatic nitrogens is 1. The summed E-state index contributed by atoms with van der Waals surface area (Å²) in [6, 6.07) is 7.22. The number of carbonyl (C=O) groups is 1. The summed E-state index contributed by atoms with van der Waals surface area (Å²) in [6.45, 7) is 0. The molecule has 0 aliphatic carbocycles. The highest BCUT2D eigenvalue weighted by Crippen LogP contribution is 2.19. The molecule has 0 spiro atoms. The van der Waals surface area contributed by atoms with Crippen LogP contribution in [0.4, 0.5) is 5.69 Å². The van der Waals surface area contributed by atoms with Gasteiger partial charge >= 0.3 is 5.97 Å². The molecule has 6 nitrogen and oxygen atoms in total. The predicted octanol–water partition coefficient (Wildman–Crippen LogP) is 2.18. The summed E-state index contributed by atoms with van der Waals surface area (Å²) in [5.74, 6) is -1.19. The maximum absolute atomic E-state index is 12.1. The van der Waals surface area contributed by atoms with Crippen LogP contribution in [0.25, 0.3) is 0 Å². The molecule has 0 radical (unpaired) electrons. The van der Waals surface area contributed by atoms with E-state index in [1.54, 1.807) is 12.1 Å². The highest BCUT2D eigenvalue weighted by atomic mass is 35.5. The monoisotopic (exact) mass is 314 g/mol. The summed E-state index contributed by atoms with van der Waals surface area (Å²) in [7, 11) is -2.38. The van der Waals surface area contributed by atoms with Crippen molar-refractivity contribution < 1.29 is 18.3 Å². The number of carboxylic acid groups (broad SMARTS) is 1. The van der Waals surface area contributed by atoms with E-state index >= 15 is 0 Å². The molecule has 0 atom stereocenters. The van der Waals surface area contributed by atoms with Crippen LogP contribution in [0.15, 0.2) is 41.4 Å². The smallest absolute Gasteiger partial charge is 0.352 e. The highest BCUT2D eigenvalue weighted by Gasteiger charge is 2.20. The minimum Gasteiger partial charge on any atom is -0.477 e. The minimum atomic E-state index is -3.84. The van der Waals surface area contributed by atoms with E-state index in [0.29, 0.717) is 10.7 Å². The lowest BCUT2D eigenvalue weighted by Gasteiger charge is -2.06. The van der Waals surface area contributed by atoms with Crippen LogP contribution < -0.4 is 4.72 Å². The van der Waals surface area contributed by atoms with Gasteiger partial charge in [0.2, 0.25) is 0 Å². The van der Waals surface area contributed by atoms with E-state index in [1.165, 1.54) is 29.9 Å². The fraction of sp³-hybridized carbons (Fsp3) is 0.0833. The van der Waals surface area contributed by atoms with Crippen LogP contribution in [0.5, 0.6) is 0 Å². The van der Waals surface area contributed by atoms with Gasteiger partial charge in [0.25, 0.3) is 10.0 Å². The van der Waals surface area contributed by atoms with Gasteiger partial charge in [-0.3, -0.25) is 4.72 Å². The number of hydrogen-bond acceptors (Lipinski definition) is 3. The Kier molecular flexibility index (Phi) is 3.74. The Morgan fingerprint density at radius 2 is 1.90 bits per heavy atom. The topological polar surface area (TPSA) is 88.4 Å². The lowest BCUT2D eigenvalue weighted by molar-refractivity contribution is 0.0686. The molecule has 0 fully saturated rings. The average Bonchev–Trinajstić information content (AvgIpc) is 2.75. The van der Waals surface area contributed by atoms with Crippen molar-refractivity contribution in [2.45, 2.75) is 4.90 Å². The van der Waals surface area contributed by atoms with Gasteiger partial charge in [0.1, 0.15) is 10.6 Å². The third kappa shape index (κ3) is 2.94. The van der Waals surface area contributed by atoms with Crippen molar-refractivity contribution in [1.29, 1.82) is 0 Å². The number of benzene rings is 1. The van der Waals surface area contributed by atoms with Crippen molar-refractivity contribution >= 4 is 33.3 Å². The summed E-state index contributed by atoms with van der Waals surface area (Å²) in [6.07, 6.45) is 1.24. The van der Waals surface area contributed by atoms with Gasteiger partial charge < -0.3 is 9.67 Å². The van der Waals surface area contributed by atoms with Crippen molar-refractivity contribution in [3.63, 3.8) is 0 Å². The van der Waals surface area contributed by atoms with Crippen LogP contribution in [-0.4, -0.2) is 24.1 Å². The van der Waals surface area contributed by atoms with E-state index in [9.17, 15) is 13.2 Å². The first-order valence-corrected chi connectivity index (χ1v) is 7.34. The molecule has 1 heterocycles. The molecule has 8 heteroatoms. The first-order valence-electron chi connectivity index (χ1n) is 5.47.